The Bertz CT molecular complexity index is 1540. The summed E-state index contributed by atoms with van der Waals surface area (Å²) in [6, 6.07) is 17.3. The van der Waals surface area contributed by atoms with Gasteiger partial charge in [-0.25, -0.2) is 0 Å². The standard InChI is InChI=1S/C29H28N4O4S2/c1-18-23(15-25-28(35)33(29(38)39-25)14-13-19-5-9-21(36-3)10-6-19)26(32(2)27(34)24(18)16-30)31-17-20-7-11-22(37-4)12-8-20/h5-12,15,31H,13-14,17H2,1-4H3/b25-15+. The van der Waals surface area contributed by atoms with Crippen molar-refractivity contribution in [3.8, 4) is 17.6 Å². The van der Waals surface area contributed by atoms with E-state index in [-0.39, 0.29) is 11.5 Å². The Hall–Kier alpha value is -4.07. The van der Waals surface area contributed by atoms with E-state index in [0.29, 0.717) is 45.7 Å². The first-order valence-corrected chi connectivity index (χ1v) is 13.4. The molecule has 2 aromatic carbocycles. The number of carbonyl (C=O) groups is 1. The number of thiocarbonyl (C=S) groups is 1. The van der Waals surface area contributed by atoms with Crippen molar-refractivity contribution in [2.75, 3.05) is 26.1 Å². The molecule has 1 aliphatic heterocycles. The molecule has 0 atom stereocenters. The first kappa shape index (κ1) is 28.0. The zero-order valence-electron chi connectivity index (χ0n) is 22.1. The molecule has 0 aliphatic carbocycles. The Labute approximate surface area is 236 Å². The second-order valence-electron chi connectivity index (χ2n) is 8.87. The number of pyridine rings is 1. The van der Waals surface area contributed by atoms with Gasteiger partial charge in [-0.15, -0.1) is 0 Å². The van der Waals surface area contributed by atoms with Crippen LogP contribution in [0, 0.1) is 18.3 Å². The lowest BCUT2D eigenvalue weighted by molar-refractivity contribution is -0.122. The van der Waals surface area contributed by atoms with Gasteiger partial charge in [-0.3, -0.25) is 19.1 Å². The number of aromatic nitrogens is 1. The number of amides is 1. The predicted molar refractivity (Wildman–Crippen MR) is 158 cm³/mol. The fourth-order valence-electron chi connectivity index (χ4n) is 4.23. The van der Waals surface area contributed by atoms with Gasteiger partial charge in [0.2, 0.25) is 0 Å². The molecule has 1 aliphatic rings. The van der Waals surface area contributed by atoms with Gasteiger partial charge in [0.05, 0.1) is 19.1 Å². The van der Waals surface area contributed by atoms with Crippen LogP contribution in [0.4, 0.5) is 5.82 Å². The average Bonchev–Trinajstić information content (AvgIpc) is 3.22. The first-order valence-electron chi connectivity index (χ1n) is 12.2. The lowest BCUT2D eigenvalue weighted by Gasteiger charge is -2.18. The van der Waals surface area contributed by atoms with E-state index in [1.807, 2.05) is 54.6 Å². The van der Waals surface area contributed by atoms with Crippen molar-refractivity contribution in [2.24, 2.45) is 7.05 Å². The van der Waals surface area contributed by atoms with Crippen molar-refractivity contribution >= 4 is 46.1 Å². The highest BCUT2D eigenvalue weighted by Gasteiger charge is 2.32. The Morgan fingerprint density at radius 1 is 1.03 bits per heavy atom. The van der Waals surface area contributed by atoms with Crippen LogP contribution in [0.5, 0.6) is 11.5 Å². The minimum Gasteiger partial charge on any atom is -0.497 e. The molecule has 10 heteroatoms. The zero-order chi connectivity index (χ0) is 28.1. The minimum atomic E-state index is -0.406. The highest BCUT2D eigenvalue weighted by Crippen LogP contribution is 2.35. The molecule has 200 valence electrons. The Balaban J connectivity index is 1.62. The molecule has 1 N–H and O–H groups in total. The van der Waals surface area contributed by atoms with Crippen molar-refractivity contribution in [1.82, 2.24) is 9.47 Å². The predicted octanol–water partition coefficient (Wildman–Crippen LogP) is 4.64. The van der Waals surface area contributed by atoms with E-state index >= 15 is 0 Å². The monoisotopic (exact) mass is 560 g/mol. The number of methoxy groups -OCH3 is 2. The lowest BCUT2D eigenvalue weighted by atomic mass is 10.0. The fourth-order valence-corrected chi connectivity index (χ4v) is 5.52. The number of thioether (sulfide) groups is 1. The number of rotatable bonds is 9. The van der Waals surface area contributed by atoms with Crippen LogP contribution in [-0.4, -0.2) is 40.5 Å². The van der Waals surface area contributed by atoms with Gasteiger partial charge in [0.15, 0.2) is 0 Å². The van der Waals surface area contributed by atoms with E-state index in [0.717, 1.165) is 22.6 Å². The van der Waals surface area contributed by atoms with Crippen molar-refractivity contribution in [1.29, 1.82) is 5.26 Å². The Kier molecular flexibility index (Phi) is 8.74. The third-order valence-corrected chi connectivity index (χ3v) is 7.93. The maximum absolute atomic E-state index is 13.4. The van der Waals surface area contributed by atoms with E-state index in [9.17, 15) is 14.9 Å². The highest BCUT2D eigenvalue weighted by atomic mass is 32.2. The summed E-state index contributed by atoms with van der Waals surface area (Å²) in [6.07, 6.45) is 2.36. The van der Waals surface area contributed by atoms with Crippen LogP contribution in [0.25, 0.3) is 6.08 Å². The summed E-state index contributed by atoms with van der Waals surface area (Å²) in [5.41, 5.74) is 2.76. The molecule has 1 fully saturated rings. The third kappa shape index (κ3) is 6.00. The molecule has 1 aromatic heterocycles. The van der Waals surface area contributed by atoms with Crippen LogP contribution >= 0.6 is 24.0 Å². The number of carbonyl (C=O) groups excluding carboxylic acids is 1. The van der Waals surface area contributed by atoms with Crippen LogP contribution in [0.2, 0.25) is 0 Å². The average molecular weight is 561 g/mol. The smallest absolute Gasteiger partial charge is 0.270 e. The number of benzene rings is 2. The summed E-state index contributed by atoms with van der Waals surface area (Å²) in [5.74, 6) is 1.82. The van der Waals surface area contributed by atoms with Crippen LogP contribution < -0.4 is 20.3 Å². The van der Waals surface area contributed by atoms with E-state index in [2.05, 4.69) is 5.32 Å². The van der Waals surface area contributed by atoms with Gasteiger partial charge < -0.3 is 14.8 Å². The molecule has 0 spiro atoms. The molecule has 0 unspecified atom stereocenters. The summed E-state index contributed by atoms with van der Waals surface area (Å²) in [6.45, 7) is 2.58. The molecule has 0 bridgehead atoms. The molecule has 1 amide bonds. The maximum atomic E-state index is 13.4. The summed E-state index contributed by atoms with van der Waals surface area (Å²) < 4.78 is 12.3. The number of hydrogen-bond donors (Lipinski definition) is 1. The normalized spacial score (nSPS) is 14.0. The molecule has 3 aromatic rings. The van der Waals surface area contributed by atoms with Crippen LogP contribution in [0.3, 0.4) is 0 Å². The highest BCUT2D eigenvalue weighted by molar-refractivity contribution is 8.26. The van der Waals surface area contributed by atoms with Gasteiger partial charge >= 0.3 is 0 Å². The Morgan fingerprint density at radius 3 is 2.18 bits per heavy atom. The number of nitriles is 1. The summed E-state index contributed by atoms with van der Waals surface area (Å²) in [5, 5.41) is 13.0. The summed E-state index contributed by atoms with van der Waals surface area (Å²) in [7, 11) is 4.83. The Morgan fingerprint density at radius 2 is 1.62 bits per heavy atom. The second-order valence-corrected chi connectivity index (χ2v) is 10.5. The lowest BCUT2D eigenvalue weighted by Crippen LogP contribution is -2.30. The number of hydrogen-bond acceptors (Lipinski definition) is 8. The van der Waals surface area contributed by atoms with Crippen molar-refractivity contribution in [3.63, 3.8) is 0 Å². The maximum Gasteiger partial charge on any atom is 0.270 e. The van der Waals surface area contributed by atoms with E-state index < -0.39 is 5.56 Å². The van der Waals surface area contributed by atoms with E-state index in [1.165, 1.54) is 16.3 Å². The number of ether oxygens (including phenoxy) is 2. The van der Waals surface area contributed by atoms with Gasteiger partial charge in [-0.05, 0) is 60.4 Å². The topological polar surface area (TPSA) is 96.6 Å². The molecular weight excluding hydrogens is 532 g/mol. The quantitative estimate of drug-likeness (QED) is 0.299. The number of nitrogens with zero attached hydrogens (tertiary/aromatic N) is 3. The summed E-state index contributed by atoms with van der Waals surface area (Å²) >= 11 is 6.75. The molecule has 2 heterocycles. The summed E-state index contributed by atoms with van der Waals surface area (Å²) in [4.78, 5) is 28.3. The first-order chi connectivity index (χ1) is 18.8. The van der Waals surface area contributed by atoms with E-state index in [1.54, 1.807) is 39.2 Å². The second kappa shape index (κ2) is 12.2. The molecular formula is C29H28N4O4S2. The van der Waals surface area contributed by atoms with Crippen molar-refractivity contribution < 1.29 is 14.3 Å². The molecule has 0 radical (unpaired) electrons. The molecule has 39 heavy (non-hydrogen) atoms. The third-order valence-electron chi connectivity index (χ3n) is 6.55. The number of anilines is 1. The largest absolute Gasteiger partial charge is 0.497 e. The fraction of sp³-hybridized carbons (Fsp3) is 0.241. The van der Waals surface area contributed by atoms with Crippen molar-refractivity contribution in [3.05, 3.63) is 91.6 Å². The SMILES string of the molecule is COc1ccc(CCN2C(=O)/C(=C\c3c(C)c(C#N)c(=O)n(C)c3NCc3ccc(OC)cc3)SC2=S)cc1. The van der Waals surface area contributed by atoms with Gasteiger partial charge in [0.1, 0.15) is 33.3 Å². The van der Waals surface area contributed by atoms with Gasteiger partial charge in [0.25, 0.3) is 11.5 Å². The molecule has 4 rings (SSSR count). The van der Waals surface area contributed by atoms with Gasteiger partial charge in [0, 0.05) is 25.7 Å². The molecule has 0 saturated carbocycles. The number of nitrogens with one attached hydrogen (secondary N) is 1. The zero-order valence-corrected chi connectivity index (χ0v) is 23.7. The van der Waals surface area contributed by atoms with Crippen LogP contribution in [-0.2, 0) is 24.8 Å². The van der Waals surface area contributed by atoms with Crippen molar-refractivity contribution in [2.45, 2.75) is 19.9 Å². The molecule has 8 nitrogen and oxygen atoms in total. The van der Waals surface area contributed by atoms with E-state index in [4.69, 9.17) is 21.7 Å². The van der Waals surface area contributed by atoms with Crippen LogP contribution in [0.15, 0.2) is 58.2 Å². The molecule has 1 saturated heterocycles. The van der Waals surface area contributed by atoms with Gasteiger partial charge in [-0.2, -0.15) is 5.26 Å². The minimum absolute atomic E-state index is 0.0359. The van der Waals surface area contributed by atoms with Gasteiger partial charge in [-0.1, -0.05) is 48.2 Å². The van der Waals surface area contributed by atoms with Crippen LogP contribution in [0.1, 0.15) is 27.8 Å².